The van der Waals surface area contributed by atoms with Crippen LogP contribution < -0.4 is 10.6 Å². The molecule has 2 aliphatic rings. The Morgan fingerprint density at radius 2 is 1.89 bits per heavy atom. The van der Waals surface area contributed by atoms with Gasteiger partial charge in [0.25, 0.3) is 5.91 Å². The molecule has 1 aliphatic carbocycles. The summed E-state index contributed by atoms with van der Waals surface area (Å²) in [4.78, 5) is 27.9. The van der Waals surface area contributed by atoms with E-state index in [0.717, 1.165) is 0 Å². The van der Waals surface area contributed by atoms with Gasteiger partial charge in [-0.15, -0.1) is 0 Å². The third-order valence-corrected chi connectivity index (χ3v) is 7.24. The SMILES string of the molecule is CO[C@@H]1CC[C@H](C(=O)NC2CCS(=O)(=O)CC2)C[C@H]1NC(=O)c1ccc[nH]1. The first-order valence-corrected chi connectivity index (χ1v) is 11.2. The molecule has 1 aromatic heterocycles. The van der Waals surface area contributed by atoms with Gasteiger partial charge in [0.1, 0.15) is 15.5 Å². The van der Waals surface area contributed by atoms with Gasteiger partial charge in [-0.05, 0) is 44.2 Å². The van der Waals surface area contributed by atoms with Crippen LogP contribution in [0.2, 0.25) is 0 Å². The molecule has 3 rings (SSSR count). The summed E-state index contributed by atoms with van der Waals surface area (Å²) in [6, 6.07) is 3.11. The second-order valence-corrected chi connectivity index (χ2v) is 9.69. The van der Waals surface area contributed by atoms with Crippen LogP contribution in [-0.2, 0) is 19.4 Å². The van der Waals surface area contributed by atoms with Crippen LogP contribution in [0, 0.1) is 5.92 Å². The fraction of sp³-hybridized carbons (Fsp3) is 0.667. The standard InChI is InChI=1S/C18H27N3O5S/c1-26-16-5-4-12(11-15(16)21-18(23)14-3-2-8-19-14)17(22)20-13-6-9-27(24,25)10-7-13/h2-3,8,12-13,15-16,19H,4-7,9-11H2,1H3,(H,20,22)(H,21,23)/t12-,15+,16+/m0/s1. The van der Waals surface area contributed by atoms with Gasteiger partial charge in [-0.1, -0.05) is 0 Å². The van der Waals surface area contributed by atoms with Crippen LogP contribution in [0.4, 0.5) is 0 Å². The zero-order valence-corrected chi connectivity index (χ0v) is 16.3. The van der Waals surface area contributed by atoms with E-state index in [0.29, 0.717) is 37.8 Å². The van der Waals surface area contributed by atoms with E-state index in [9.17, 15) is 18.0 Å². The van der Waals surface area contributed by atoms with Gasteiger partial charge in [0.2, 0.25) is 5.91 Å². The number of aromatic nitrogens is 1. The minimum atomic E-state index is -2.95. The third-order valence-electron chi connectivity index (χ3n) is 5.52. The van der Waals surface area contributed by atoms with Crippen LogP contribution in [0.25, 0.3) is 0 Å². The highest BCUT2D eigenvalue weighted by Crippen LogP contribution is 2.27. The number of sulfone groups is 1. The first-order chi connectivity index (χ1) is 12.9. The summed E-state index contributed by atoms with van der Waals surface area (Å²) in [5.41, 5.74) is 0.472. The number of H-pyrrole nitrogens is 1. The number of methoxy groups -OCH3 is 1. The number of carbonyl (C=O) groups excluding carboxylic acids is 2. The summed E-state index contributed by atoms with van der Waals surface area (Å²) in [7, 11) is -1.34. The molecule has 3 atom stereocenters. The average molecular weight is 397 g/mol. The molecule has 9 heteroatoms. The number of ether oxygens (including phenoxy) is 1. The lowest BCUT2D eigenvalue weighted by molar-refractivity contribution is -0.128. The zero-order valence-electron chi connectivity index (χ0n) is 15.4. The molecule has 8 nitrogen and oxygen atoms in total. The Hall–Kier alpha value is -1.87. The van der Waals surface area contributed by atoms with E-state index in [1.165, 1.54) is 0 Å². The molecule has 0 spiro atoms. The lowest BCUT2D eigenvalue weighted by Crippen LogP contribution is -2.51. The Morgan fingerprint density at radius 3 is 2.52 bits per heavy atom. The molecular formula is C18H27N3O5S. The molecule has 0 aromatic carbocycles. The molecular weight excluding hydrogens is 370 g/mol. The van der Waals surface area contributed by atoms with Gasteiger partial charge in [-0.3, -0.25) is 9.59 Å². The fourth-order valence-corrected chi connectivity index (χ4v) is 5.38. The van der Waals surface area contributed by atoms with Crippen LogP contribution in [0.1, 0.15) is 42.6 Å². The lowest BCUT2D eigenvalue weighted by atomic mass is 9.82. The molecule has 0 bridgehead atoms. The molecule has 0 radical (unpaired) electrons. The summed E-state index contributed by atoms with van der Waals surface area (Å²) >= 11 is 0. The molecule has 1 aliphatic heterocycles. The summed E-state index contributed by atoms with van der Waals surface area (Å²) in [5.74, 6) is -0.241. The topological polar surface area (TPSA) is 117 Å². The Kier molecular flexibility index (Phi) is 6.21. The molecule has 2 amide bonds. The largest absolute Gasteiger partial charge is 0.379 e. The summed E-state index contributed by atoms with van der Waals surface area (Å²) in [5, 5.41) is 5.96. The van der Waals surface area contributed by atoms with Gasteiger partial charge in [0, 0.05) is 25.3 Å². The van der Waals surface area contributed by atoms with Crippen molar-refractivity contribution in [3.8, 4) is 0 Å². The van der Waals surface area contributed by atoms with Crippen molar-refractivity contribution in [1.29, 1.82) is 0 Å². The maximum absolute atomic E-state index is 12.7. The van der Waals surface area contributed by atoms with E-state index >= 15 is 0 Å². The van der Waals surface area contributed by atoms with Gasteiger partial charge >= 0.3 is 0 Å². The molecule has 1 aromatic rings. The van der Waals surface area contributed by atoms with Gasteiger partial charge in [0.05, 0.1) is 23.7 Å². The van der Waals surface area contributed by atoms with E-state index in [1.807, 2.05) is 0 Å². The van der Waals surface area contributed by atoms with Crippen molar-refractivity contribution in [2.45, 2.75) is 50.3 Å². The number of aromatic amines is 1. The molecule has 1 saturated heterocycles. The van der Waals surface area contributed by atoms with Gasteiger partial charge < -0.3 is 20.4 Å². The van der Waals surface area contributed by atoms with E-state index in [1.54, 1.807) is 25.4 Å². The number of hydrogen-bond donors (Lipinski definition) is 3. The van der Waals surface area contributed by atoms with Crippen molar-refractivity contribution in [3.63, 3.8) is 0 Å². The highest BCUT2D eigenvalue weighted by Gasteiger charge is 2.36. The van der Waals surface area contributed by atoms with E-state index in [-0.39, 0.29) is 47.4 Å². The third kappa shape index (κ3) is 5.10. The fourth-order valence-electron chi connectivity index (χ4n) is 3.89. The number of nitrogens with one attached hydrogen (secondary N) is 3. The number of carbonyl (C=O) groups is 2. The molecule has 1 saturated carbocycles. The summed E-state index contributed by atoms with van der Waals surface area (Å²) in [6.45, 7) is 0. The molecule has 27 heavy (non-hydrogen) atoms. The maximum atomic E-state index is 12.7. The smallest absolute Gasteiger partial charge is 0.267 e. The number of hydrogen-bond acceptors (Lipinski definition) is 5. The monoisotopic (exact) mass is 397 g/mol. The Bertz CT molecular complexity index is 748. The minimum Gasteiger partial charge on any atom is -0.379 e. The molecule has 2 heterocycles. The molecule has 3 N–H and O–H groups in total. The second-order valence-electron chi connectivity index (χ2n) is 7.38. The average Bonchev–Trinajstić information content (AvgIpc) is 3.18. The van der Waals surface area contributed by atoms with Crippen molar-refractivity contribution in [3.05, 3.63) is 24.0 Å². The maximum Gasteiger partial charge on any atom is 0.267 e. The van der Waals surface area contributed by atoms with Crippen LogP contribution in [0.15, 0.2) is 18.3 Å². The summed E-state index contributed by atoms with van der Waals surface area (Å²) < 4.78 is 28.6. The van der Waals surface area contributed by atoms with E-state index in [4.69, 9.17) is 4.74 Å². The second kappa shape index (κ2) is 8.43. The molecule has 0 unspecified atom stereocenters. The highest BCUT2D eigenvalue weighted by atomic mass is 32.2. The number of amides is 2. The van der Waals surface area contributed by atoms with Gasteiger partial charge in [0.15, 0.2) is 0 Å². The highest BCUT2D eigenvalue weighted by molar-refractivity contribution is 7.91. The van der Waals surface area contributed by atoms with Gasteiger partial charge in [-0.25, -0.2) is 8.42 Å². The van der Waals surface area contributed by atoms with Crippen molar-refractivity contribution in [2.75, 3.05) is 18.6 Å². The van der Waals surface area contributed by atoms with Crippen LogP contribution in [0.3, 0.4) is 0 Å². The Morgan fingerprint density at radius 1 is 1.15 bits per heavy atom. The number of rotatable bonds is 5. The van der Waals surface area contributed by atoms with Gasteiger partial charge in [-0.2, -0.15) is 0 Å². The van der Waals surface area contributed by atoms with Crippen molar-refractivity contribution in [2.24, 2.45) is 5.92 Å². The predicted molar refractivity (Wildman–Crippen MR) is 100 cm³/mol. The van der Waals surface area contributed by atoms with Crippen LogP contribution in [0.5, 0.6) is 0 Å². The summed E-state index contributed by atoms with van der Waals surface area (Å²) in [6.07, 6.45) is 4.36. The van der Waals surface area contributed by atoms with Crippen LogP contribution >= 0.6 is 0 Å². The Labute approximate surface area is 159 Å². The predicted octanol–water partition coefficient (Wildman–Crippen LogP) is 0.622. The molecule has 2 fully saturated rings. The first kappa shape index (κ1) is 19.9. The first-order valence-electron chi connectivity index (χ1n) is 9.36. The van der Waals surface area contributed by atoms with Crippen molar-refractivity contribution in [1.82, 2.24) is 15.6 Å². The minimum absolute atomic E-state index is 0.0621. The van der Waals surface area contributed by atoms with Crippen LogP contribution in [-0.4, -0.2) is 62.0 Å². The normalized spacial score (nSPS) is 28.4. The van der Waals surface area contributed by atoms with E-state index in [2.05, 4.69) is 15.6 Å². The molecule has 150 valence electrons. The van der Waals surface area contributed by atoms with Crippen molar-refractivity contribution >= 4 is 21.7 Å². The zero-order chi connectivity index (χ0) is 19.4. The Balaban J connectivity index is 1.56. The quantitative estimate of drug-likeness (QED) is 0.673. The lowest BCUT2D eigenvalue weighted by Gasteiger charge is -2.36. The van der Waals surface area contributed by atoms with E-state index < -0.39 is 9.84 Å². The van der Waals surface area contributed by atoms with Crippen molar-refractivity contribution < 1.29 is 22.7 Å².